The highest BCUT2D eigenvalue weighted by molar-refractivity contribution is 7.48. The molecule has 4 heterocycles. The number of nitrogens with two attached hydrogens (primary N) is 2. The predicted octanol–water partition coefficient (Wildman–Crippen LogP) is 0.723. The van der Waals surface area contributed by atoms with Crippen LogP contribution in [0.5, 0.6) is 0 Å². The Morgan fingerprint density at radius 3 is 1.72 bits per heavy atom. The van der Waals surface area contributed by atoms with Crippen LogP contribution in [-0.4, -0.2) is 38.8 Å². The lowest BCUT2D eigenvalue weighted by Crippen LogP contribution is -2.28. The van der Waals surface area contributed by atoms with Crippen molar-refractivity contribution in [2.24, 2.45) is 0 Å². The Morgan fingerprint density at radius 1 is 0.906 bits per heavy atom. The second-order valence-corrected chi connectivity index (χ2v) is 8.80. The van der Waals surface area contributed by atoms with E-state index in [9.17, 15) is 14.2 Å². The van der Waals surface area contributed by atoms with E-state index in [0.717, 1.165) is 0 Å². The van der Waals surface area contributed by atoms with Gasteiger partial charge in [0, 0.05) is 32.3 Å². The van der Waals surface area contributed by atoms with E-state index in [1.165, 1.54) is 40.8 Å². The average Bonchev–Trinajstić information content (AvgIpc) is 3.37. The molecular formula is C17H23N6O8P. The fraction of sp³-hybridized carbons (Fsp3) is 0.529. The number of phosphoric acid groups is 1. The standard InChI is InChI=1S/C17H23N6O8P/c1-27-32(26,30-14-4-2-12(28-14)22-8-6-10(18)20-16(22)24)31-15-5-3-13(29-15)23-9-7-11(19)21-17(23)25/h6-9,12-15H,2-5H2,1H3,(H2,18,20,24)(H2,19,21,25)/t12-,13-,14-,15-/m1/s1. The zero-order chi connectivity index (χ0) is 22.9. The summed E-state index contributed by atoms with van der Waals surface area (Å²) in [7, 11) is -2.90. The third-order valence-electron chi connectivity index (χ3n) is 4.96. The van der Waals surface area contributed by atoms with Crippen LogP contribution in [0.4, 0.5) is 11.6 Å². The predicted molar refractivity (Wildman–Crippen MR) is 109 cm³/mol. The summed E-state index contributed by atoms with van der Waals surface area (Å²) in [5, 5.41) is 0. The number of rotatable bonds is 7. The van der Waals surface area contributed by atoms with Crippen LogP contribution in [0.2, 0.25) is 0 Å². The molecule has 0 spiro atoms. The lowest BCUT2D eigenvalue weighted by molar-refractivity contribution is -0.141. The molecule has 2 aliphatic rings. The Balaban J connectivity index is 1.36. The smallest absolute Gasteiger partial charge is 0.383 e. The van der Waals surface area contributed by atoms with Gasteiger partial charge in [0.1, 0.15) is 24.1 Å². The zero-order valence-electron chi connectivity index (χ0n) is 17.1. The largest absolute Gasteiger partial charge is 0.479 e. The highest BCUT2D eigenvalue weighted by atomic mass is 31.2. The van der Waals surface area contributed by atoms with Gasteiger partial charge in [-0.3, -0.25) is 22.7 Å². The number of hydrogen-bond acceptors (Lipinski definition) is 12. The van der Waals surface area contributed by atoms with E-state index in [1.807, 2.05) is 0 Å². The molecule has 0 bridgehead atoms. The van der Waals surface area contributed by atoms with Gasteiger partial charge in [-0.15, -0.1) is 0 Å². The van der Waals surface area contributed by atoms with Crippen LogP contribution in [0.15, 0.2) is 34.1 Å². The van der Waals surface area contributed by atoms with E-state index in [4.69, 9.17) is 34.5 Å². The maximum Gasteiger partial charge on any atom is 0.479 e. The van der Waals surface area contributed by atoms with Crippen LogP contribution in [0.25, 0.3) is 0 Å². The number of hydrogen-bond donors (Lipinski definition) is 2. The van der Waals surface area contributed by atoms with Gasteiger partial charge in [0.25, 0.3) is 0 Å². The van der Waals surface area contributed by atoms with Gasteiger partial charge in [0.05, 0.1) is 0 Å². The number of anilines is 2. The molecule has 0 radical (unpaired) electrons. The third-order valence-corrected chi connectivity index (χ3v) is 6.39. The van der Waals surface area contributed by atoms with Crippen molar-refractivity contribution in [1.29, 1.82) is 0 Å². The molecule has 2 aromatic rings. The number of ether oxygens (including phenoxy) is 2. The fourth-order valence-corrected chi connectivity index (χ4v) is 4.54. The molecule has 4 atom stereocenters. The lowest BCUT2D eigenvalue weighted by atomic mass is 10.3. The van der Waals surface area contributed by atoms with E-state index in [2.05, 4.69) is 9.97 Å². The molecule has 0 aliphatic carbocycles. The van der Waals surface area contributed by atoms with E-state index in [-0.39, 0.29) is 11.6 Å². The monoisotopic (exact) mass is 470 g/mol. The van der Waals surface area contributed by atoms with Crippen LogP contribution < -0.4 is 22.8 Å². The fourth-order valence-electron chi connectivity index (χ4n) is 3.43. The molecule has 15 heteroatoms. The molecule has 32 heavy (non-hydrogen) atoms. The molecule has 0 amide bonds. The van der Waals surface area contributed by atoms with E-state index in [0.29, 0.717) is 25.7 Å². The third kappa shape index (κ3) is 4.90. The first kappa shape index (κ1) is 22.6. The summed E-state index contributed by atoms with van der Waals surface area (Å²) in [5.74, 6) is 0.197. The highest BCUT2D eigenvalue weighted by Gasteiger charge is 2.40. The first-order valence-electron chi connectivity index (χ1n) is 9.79. The molecule has 2 saturated heterocycles. The summed E-state index contributed by atoms with van der Waals surface area (Å²) >= 11 is 0. The second-order valence-electron chi connectivity index (χ2n) is 7.12. The SMILES string of the molecule is COP(=O)(O[C@@H]1CC[C@H](n2ccc(N)nc2=O)O1)O[C@@H]1CC[C@H](n2ccc(N)nc2=O)O1. The molecular weight excluding hydrogens is 447 g/mol. The molecule has 2 fully saturated rings. The number of phosphoric ester groups is 1. The first-order chi connectivity index (χ1) is 15.3. The van der Waals surface area contributed by atoms with Crippen molar-refractivity contribution in [3.05, 3.63) is 45.5 Å². The zero-order valence-corrected chi connectivity index (χ0v) is 18.0. The highest BCUT2D eigenvalue weighted by Crippen LogP contribution is 2.54. The van der Waals surface area contributed by atoms with Crippen molar-refractivity contribution in [2.45, 2.75) is 50.7 Å². The summed E-state index contributed by atoms with van der Waals surface area (Å²) in [6.07, 6.45) is 1.19. The maximum atomic E-state index is 13.0. The molecule has 4 N–H and O–H groups in total. The minimum atomic E-state index is -4.07. The van der Waals surface area contributed by atoms with Crippen LogP contribution >= 0.6 is 7.82 Å². The van der Waals surface area contributed by atoms with Gasteiger partial charge >= 0.3 is 19.2 Å². The lowest BCUT2D eigenvalue weighted by Gasteiger charge is -2.23. The van der Waals surface area contributed by atoms with Gasteiger partial charge in [-0.25, -0.2) is 14.2 Å². The summed E-state index contributed by atoms with van der Waals surface area (Å²) in [6, 6.07) is 2.94. The van der Waals surface area contributed by atoms with E-state index < -0.39 is 44.2 Å². The topological polar surface area (TPSA) is 185 Å². The average molecular weight is 470 g/mol. The molecule has 0 aromatic carbocycles. The number of nitrogens with zero attached hydrogens (tertiary/aromatic N) is 4. The summed E-state index contributed by atoms with van der Waals surface area (Å²) in [4.78, 5) is 31.3. The Kier molecular flexibility index (Phi) is 6.42. The number of aromatic nitrogens is 4. The van der Waals surface area contributed by atoms with E-state index >= 15 is 0 Å². The molecule has 4 rings (SSSR count). The summed E-state index contributed by atoms with van der Waals surface area (Å²) in [5.41, 5.74) is 9.85. The molecule has 2 aromatic heterocycles. The summed E-state index contributed by atoms with van der Waals surface area (Å²) < 4.78 is 42.7. The Hall–Kier alpha value is -2.61. The number of nitrogen functional groups attached to an aromatic ring is 2. The maximum absolute atomic E-state index is 13.0. The first-order valence-corrected chi connectivity index (χ1v) is 11.3. The van der Waals surface area contributed by atoms with Crippen molar-refractivity contribution < 1.29 is 27.6 Å². The molecule has 2 aliphatic heterocycles. The van der Waals surface area contributed by atoms with Gasteiger partial charge in [-0.1, -0.05) is 0 Å². The Labute approximate surface area is 181 Å². The van der Waals surface area contributed by atoms with E-state index in [1.54, 1.807) is 0 Å². The quantitative estimate of drug-likeness (QED) is 0.541. The van der Waals surface area contributed by atoms with Gasteiger partial charge in [0.2, 0.25) is 0 Å². The van der Waals surface area contributed by atoms with Gasteiger partial charge in [0.15, 0.2) is 12.6 Å². The van der Waals surface area contributed by atoms with Crippen molar-refractivity contribution in [3.8, 4) is 0 Å². The summed E-state index contributed by atoms with van der Waals surface area (Å²) in [6.45, 7) is 0. The van der Waals surface area contributed by atoms with Crippen LogP contribution in [0.3, 0.4) is 0 Å². The van der Waals surface area contributed by atoms with Crippen molar-refractivity contribution in [3.63, 3.8) is 0 Å². The minimum Gasteiger partial charge on any atom is -0.383 e. The van der Waals surface area contributed by atoms with Crippen LogP contribution in [-0.2, 0) is 27.6 Å². The molecule has 174 valence electrons. The molecule has 14 nitrogen and oxygen atoms in total. The van der Waals surface area contributed by atoms with Crippen LogP contribution in [0.1, 0.15) is 38.1 Å². The van der Waals surface area contributed by atoms with Gasteiger partial charge in [-0.05, 0) is 25.0 Å². The van der Waals surface area contributed by atoms with Crippen molar-refractivity contribution in [1.82, 2.24) is 19.1 Å². The Morgan fingerprint density at radius 2 is 1.34 bits per heavy atom. The molecule has 0 unspecified atom stereocenters. The van der Waals surface area contributed by atoms with Crippen LogP contribution in [0, 0.1) is 0 Å². The second kappa shape index (κ2) is 9.10. The minimum absolute atomic E-state index is 0.0983. The molecule has 0 saturated carbocycles. The Bertz CT molecular complexity index is 1060. The van der Waals surface area contributed by atoms with Crippen molar-refractivity contribution in [2.75, 3.05) is 18.6 Å². The van der Waals surface area contributed by atoms with Gasteiger partial charge < -0.3 is 20.9 Å². The van der Waals surface area contributed by atoms with Crippen molar-refractivity contribution >= 4 is 19.5 Å². The normalized spacial score (nSPS) is 25.9. The van der Waals surface area contributed by atoms with Gasteiger partial charge in [-0.2, -0.15) is 9.97 Å².